The van der Waals surface area contributed by atoms with Gasteiger partial charge in [0.1, 0.15) is 5.82 Å². The molecule has 0 radical (unpaired) electrons. The van der Waals surface area contributed by atoms with Crippen LogP contribution in [-0.4, -0.2) is 23.0 Å². The summed E-state index contributed by atoms with van der Waals surface area (Å²) < 4.78 is 0. The third-order valence-corrected chi connectivity index (χ3v) is 4.32. The van der Waals surface area contributed by atoms with Gasteiger partial charge in [-0.05, 0) is 60.8 Å². The van der Waals surface area contributed by atoms with Crippen LogP contribution in [0.5, 0.6) is 0 Å². The first-order chi connectivity index (χ1) is 10.6. The van der Waals surface area contributed by atoms with E-state index in [-0.39, 0.29) is 0 Å². The Hall–Kier alpha value is -1.58. The lowest BCUT2D eigenvalue weighted by Crippen LogP contribution is -2.36. The topological polar surface area (TPSA) is 28.2 Å². The van der Waals surface area contributed by atoms with Gasteiger partial charge in [-0.25, -0.2) is 4.98 Å². The molecule has 0 atom stereocenters. The quantitative estimate of drug-likeness (QED) is 0.858. The summed E-state index contributed by atoms with van der Waals surface area (Å²) in [4.78, 5) is 7.04. The third kappa shape index (κ3) is 3.60. The molecule has 2 aromatic rings. The van der Waals surface area contributed by atoms with Crippen LogP contribution in [0, 0.1) is 0 Å². The SMILES string of the molecule is CC(C)c1cc(Nc2cccc(Cl)c2)ncc1CN1CCC1. The molecule has 1 fully saturated rings. The second-order valence-corrected chi connectivity index (χ2v) is 6.62. The van der Waals surface area contributed by atoms with Gasteiger partial charge in [-0.15, -0.1) is 0 Å². The van der Waals surface area contributed by atoms with Crippen molar-refractivity contribution < 1.29 is 0 Å². The third-order valence-electron chi connectivity index (χ3n) is 4.08. The van der Waals surface area contributed by atoms with Gasteiger partial charge in [0, 0.05) is 23.5 Å². The summed E-state index contributed by atoms with van der Waals surface area (Å²) in [6.45, 7) is 7.90. The summed E-state index contributed by atoms with van der Waals surface area (Å²) in [5.74, 6) is 1.36. The molecule has 0 saturated carbocycles. The molecule has 0 aliphatic carbocycles. The van der Waals surface area contributed by atoms with Gasteiger partial charge in [-0.1, -0.05) is 31.5 Å². The minimum Gasteiger partial charge on any atom is -0.340 e. The molecule has 2 heterocycles. The van der Waals surface area contributed by atoms with E-state index < -0.39 is 0 Å². The summed E-state index contributed by atoms with van der Waals surface area (Å²) >= 11 is 6.03. The summed E-state index contributed by atoms with van der Waals surface area (Å²) in [5, 5.41) is 4.06. The molecule has 0 spiro atoms. The molecule has 0 bridgehead atoms. The van der Waals surface area contributed by atoms with E-state index in [1.165, 1.54) is 30.6 Å². The maximum atomic E-state index is 6.03. The number of nitrogens with one attached hydrogen (secondary N) is 1. The molecule has 22 heavy (non-hydrogen) atoms. The molecule has 4 heteroatoms. The first kappa shape index (κ1) is 15.3. The van der Waals surface area contributed by atoms with Crippen molar-refractivity contribution in [3.63, 3.8) is 0 Å². The van der Waals surface area contributed by atoms with Crippen molar-refractivity contribution in [2.75, 3.05) is 18.4 Å². The molecule has 1 aromatic heterocycles. The van der Waals surface area contributed by atoms with Gasteiger partial charge in [0.05, 0.1) is 0 Å². The van der Waals surface area contributed by atoms with E-state index in [4.69, 9.17) is 11.6 Å². The first-order valence-electron chi connectivity index (χ1n) is 7.85. The Labute approximate surface area is 137 Å². The van der Waals surface area contributed by atoms with E-state index in [2.05, 4.69) is 35.1 Å². The largest absolute Gasteiger partial charge is 0.340 e. The predicted molar refractivity (Wildman–Crippen MR) is 93.0 cm³/mol. The number of rotatable bonds is 5. The fraction of sp³-hybridized carbons (Fsp3) is 0.389. The van der Waals surface area contributed by atoms with Gasteiger partial charge < -0.3 is 5.32 Å². The molecular weight excluding hydrogens is 294 g/mol. The van der Waals surface area contributed by atoms with Crippen LogP contribution in [-0.2, 0) is 6.54 Å². The Kier molecular flexibility index (Phi) is 4.65. The van der Waals surface area contributed by atoms with Crippen LogP contribution < -0.4 is 5.32 Å². The van der Waals surface area contributed by atoms with Gasteiger partial charge in [0.2, 0.25) is 0 Å². The molecule has 1 aliphatic rings. The average Bonchev–Trinajstić information content (AvgIpc) is 2.43. The highest BCUT2D eigenvalue weighted by Crippen LogP contribution is 2.26. The fourth-order valence-electron chi connectivity index (χ4n) is 2.73. The van der Waals surface area contributed by atoms with Gasteiger partial charge in [-0.2, -0.15) is 0 Å². The van der Waals surface area contributed by atoms with Crippen LogP contribution in [0.3, 0.4) is 0 Å². The van der Waals surface area contributed by atoms with Gasteiger partial charge >= 0.3 is 0 Å². The Bertz CT molecular complexity index is 651. The normalized spacial score (nSPS) is 14.9. The smallest absolute Gasteiger partial charge is 0.130 e. The van der Waals surface area contributed by atoms with E-state index in [0.29, 0.717) is 5.92 Å². The molecule has 0 amide bonds. The number of anilines is 2. The molecule has 1 aliphatic heterocycles. The van der Waals surface area contributed by atoms with Crippen molar-refractivity contribution >= 4 is 23.1 Å². The first-order valence-corrected chi connectivity index (χ1v) is 8.23. The number of pyridine rings is 1. The van der Waals surface area contributed by atoms with Crippen LogP contribution in [0.4, 0.5) is 11.5 Å². The van der Waals surface area contributed by atoms with E-state index in [0.717, 1.165) is 23.1 Å². The minimum atomic E-state index is 0.485. The van der Waals surface area contributed by atoms with Gasteiger partial charge in [-0.3, -0.25) is 4.90 Å². The van der Waals surface area contributed by atoms with Crippen molar-refractivity contribution in [2.24, 2.45) is 0 Å². The van der Waals surface area contributed by atoms with Crippen LogP contribution in [0.25, 0.3) is 0 Å². The lowest BCUT2D eigenvalue weighted by atomic mass is 9.98. The van der Waals surface area contributed by atoms with E-state index in [1.54, 1.807) is 0 Å². The lowest BCUT2D eigenvalue weighted by molar-refractivity contribution is 0.172. The van der Waals surface area contributed by atoms with Gasteiger partial charge in [0.15, 0.2) is 0 Å². The van der Waals surface area contributed by atoms with Crippen LogP contribution in [0.1, 0.15) is 37.3 Å². The summed E-state index contributed by atoms with van der Waals surface area (Å²) in [6, 6.07) is 9.88. The lowest BCUT2D eigenvalue weighted by Gasteiger charge is -2.31. The second kappa shape index (κ2) is 6.67. The molecule has 116 valence electrons. The number of hydrogen-bond donors (Lipinski definition) is 1. The van der Waals surface area contributed by atoms with Crippen molar-refractivity contribution in [2.45, 2.75) is 32.7 Å². The van der Waals surface area contributed by atoms with Crippen molar-refractivity contribution in [1.29, 1.82) is 0 Å². The zero-order valence-electron chi connectivity index (χ0n) is 13.1. The van der Waals surface area contributed by atoms with Crippen LogP contribution in [0.15, 0.2) is 36.5 Å². The second-order valence-electron chi connectivity index (χ2n) is 6.19. The van der Waals surface area contributed by atoms with Crippen LogP contribution >= 0.6 is 11.6 Å². The highest BCUT2D eigenvalue weighted by atomic mass is 35.5. The molecule has 3 nitrogen and oxygen atoms in total. The van der Waals surface area contributed by atoms with E-state index in [9.17, 15) is 0 Å². The molecule has 1 aromatic carbocycles. The zero-order valence-corrected chi connectivity index (χ0v) is 13.9. The molecule has 1 saturated heterocycles. The Morgan fingerprint density at radius 3 is 2.73 bits per heavy atom. The Morgan fingerprint density at radius 2 is 2.09 bits per heavy atom. The number of likely N-dealkylation sites (tertiary alicyclic amines) is 1. The number of halogens is 1. The summed E-state index contributed by atoms with van der Waals surface area (Å²) in [6.07, 6.45) is 3.33. The number of nitrogens with zero attached hydrogens (tertiary/aromatic N) is 2. The zero-order chi connectivity index (χ0) is 15.5. The van der Waals surface area contributed by atoms with Crippen molar-refractivity contribution in [3.8, 4) is 0 Å². The molecular formula is C18H22ClN3. The average molecular weight is 316 g/mol. The number of aromatic nitrogens is 1. The Balaban J connectivity index is 1.81. The van der Waals surface area contributed by atoms with Crippen molar-refractivity contribution in [3.05, 3.63) is 52.7 Å². The van der Waals surface area contributed by atoms with Crippen LogP contribution in [0.2, 0.25) is 5.02 Å². The van der Waals surface area contributed by atoms with E-state index >= 15 is 0 Å². The summed E-state index contributed by atoms with van der Waals surface area (Å²) in [7, 11) is 0. The van der Waals surface area contributed by atoms with Gasteiger partial charge in [0.25, 0.3) is 0 Å². The van der Waals surface area contributed by atoms with Crippen molar-refractivity contribution in [1.82, 2.24) is 9.88 Å². The standard InChI is InChI=1S/C18H22ClN3/c1-13(2)17-10-18(21-16-6-3-5-15(19)9-16)20-11-14(17)12-22-7-4-8-22/h3,5-6,9-11,13H,4,7-8,12H2,1-2H3,(H,20,21). The summed E-state index contributed by atoms with van der Waals surface area (Å²) in [5.41, 5.74) is 3.67. The maximum Gasteiger partial charge on any atom is 0.130 e. The molecule has 0 unspecified atom stereocenters. The number of hydrogen-bond acceptors (Lipinski definition) is 3. The molecule has 1 N–H and O–H groups in total. The predicted octanol–water partition coefficient (Wildman–Crippen LogP) is 4.81. The Morgan fingerprint density at radius 1 is 1.27 bits per heavy atom. The fourth-order valence-corrected chi connectivity index (χ4v) is 2.92. The minimum absolute atomic E-state index is 0.485. The maximum absolute atomic E-state index is 6.03. The molecule has 3 rings (SSSR count). The monoisotopic (exact) mass is 315 g/mol. The number of benzene rings is 1. The van der Waals surface area contributed by atoms with E-state index in [1.807, 2.05) is 30.5 Å². The highest BCUT2D eigenvalue weighted by Gasteiger charge is 2.17. The highest BCUT2D eigenvalue weighted by molar-refractivity contribution is 6.30.